The summed E-state index contributed by atoms with van der Waals surface area (Å²) < 4.78 is 5.19. The van der Waals surface area contributed by atoms with E-state index in [0.29, 0.717) is 25.9 Å². The second-order valence-electron chi connectivity index (χ2n) is 5.69. The van der Waals surface area contributed by atoms with Crippen molar-refractivity contribution in [3.63, 3.8) is 0 Å². The molecule has 0 unspecified atom stereocenters. The lowest BCUT2D eigenvalue weighted by molar-refractivity contribution is -0.164. The molecule has 0 spiro atoms. The molecule has 0 aliphatic carbocycles. The molecule has 1 aliphatic rings. The third kappa shape index (κ3) is 3.45. The number of benzene rings is 1. The highest BCUT2D eigenvalue weighted by Crippen LogP contribution is 2.32. The molecule has 0 N–H and O–H groups in total. The number of rotatable bonds is 6. The first-order valence-electron chi connectivity index (χ1n) is 7.70. The molecular formula is C18H23NO3. The van der Waals surface area contributed by atoms with Gasteiger partial charge in [0.2, 0.25) is 0 Å². The summed E-state index contributed by atoms with van der Waals surface area (Å²) in [6.45, 7) is 7.41. The molecular weight excluding hydrogens is 278 g/mol. The van der Waals surface area contributed by atoms with Gasteiger partial charge in [-0.2, -0.15) is 0 Å². The average Bonchev–Trinajstić information content (AvgIpc) is 2.55. The van der Waals surface area contributed by atoms with Gasteiger partial charge >= 0.3 is 5.97 Å². The molecule has 0 saturated carbocycles. The quantitative estimate of drug-likeness (QED) is 0.460. The Morgan fingerprint density at radius 1 is 1.41 bits per heavy atom. The molecule has 118 valence electrons. The molecule has 22 heavy (non-hydrogen) atoms. The van der Waals surface area contributed by atoms with Gasteiger partial charge in [0.15, 0.2) is 5.78 Å². The third-order valence-electron chi connectivity index (χ3n) is 4.26. The number of carbonyl (C=O) groups excluding carboxylic acids is 2. The van der Waals surface area contributed by atoms with E-state index in [1.165, 1.54) is 11.6 Å². The highest BCUT2D eigenvalue weighted by atomic mass is 16.5. The largest absolute Gasteiger partial charge is 0.461 e. The van der Waals surface area contributed by atoms with Gasteiger partial charge in [0.25, 0.3) is 0 Å². The monoisotopic (exact) mass is 301 g/mol. The Kier molecular flexibility index (Phi) is 5.50. The van der Waals surface area contributed by atoms with Crippen molar-refractivity contribution in [3.05, 3.63) is 48.6 Å². The van der Waals surface area contributed by atoms with Crippen LogP contribution in [0.2, 0.25) is 0 Å². The van der Waals surface area contributed by atoms with Gasteiger partial charge in [-0.25, -0.2) is 0 Å². The highest BCUT2D eigenvalue weighted by Gasteiger charge is 2.48. The average molecular weight is 301 g/mol. The van der Waals surface area contributed by atoms with E-state index in [9.17, 15) is 9.59 Å². The molecule has 1 fully saturated rings. The first-order chi connectivity index (χ1) is 10.6. The van der Waals surface area contributed by atoms with Crippen molar-refractivity contribution < 1.29 is 14.3 Å². The normalized spacial score (nSPS) is 22.3. The van der Waals surface area contributed by atoms with Crippen LogP contribution in [0.25, 0.3) is 0 Å². The van der Waals surface area contributed by atoms with Crippen molar-refractivity contribution in [1.82, 2.24) is 4.90 Å². The minimum absolute atomic E-state index is 0.00614. The number of hydrogen-bond donors (Lipinski definition) is 0. The second kappa shape index (κ2) is 7.36. The zero-order valence-corrected chi connectivity index (χ0v) is 13.1. The van der Waals surface area contributed by atoms with Crippen molar-refractivity contribution in [1.29, 1.82) is 0 Å². The van der Waals surface area contributed by atoms with Crippen molar-refractivity contribution in [2.24, 2.45) is 5.41 Å². The lowest BCUT2D eigenvalue weighted by atomic mass is 9.76. The molecule has 2 rings (SSSR count). The van der Waals surface area contributed by atoms with Crippen LogP contribution in [0.5, 0.6) is 0 Å². The lowest BCUT2D eigenvalue weighted by Crippen LogP contribution is -2.53. The Labute approximate surface area is 131 Å². The van der Waals surface area contributed by atoms with E-state index >= 15 is 0 Å². The first kappa shape index (κ1) is 16.4. The zero-order chi connectivity index (χ0) is 16.0. The molecule has 1 aromatic rings. The van der Waals surface area contributed by atoms with Gasteiger partial charge in [-0.05, 0) is 12.0 Å². The van der Waals surface area contributed by atoms with Crippen LogP contribution in [0.15, 0.2) is 43.0 Å². The Morgan fingerprint density at radius 3 is 2.77 bits per heavy atom. The molecule has 0 amide bonds. The second-order valence-corrected chi connectivity index (χ2v) is 5.69. The van der Waals surface area contributed by atoms with Crippen LogP contribution < -0.4 is 0 Å². The number of carbonyl (C=O) groups is 2. The predicted octanol–water partition coefficient (Wildman–Crippen LogP) is 2.59. The van der Waals surface area contributed by atoms with E-state index in [-0.39, 0.29) is 12.4 Å². The standard InChI is InChI=1S/C18H23NO3/c1-3-12-22-17(21)18(4-2)14-19(11-10-16(18)20)13-15-8-6-5-7-9-15/h3,5-9H,1,4,10-14H2,2H3/t18-/m0/s1. The van der Waals surface area contributed by atoms with Crippen LogP contribution in [0, 0.1) is 5.41 Å². The number of hydrogen-bond acceptors (Lipinski definition) is 4. The fourth-order valence-electron chi connectivity index (χ4n) is 2.93. The molecule has 0 radical (unpaired) electrons. The third-order valence-corrected chi connectivity index (χ3v) is 4.26. The summed E-state index contributed by atoms with van der Waals surface area (Å²) in [7, 11) is 0. The van der Waals surface area contributed by atoms with Gasteiger partial charge in [0, 0.05) is 26.1 Å². The fourth-order valence-corrected chi connectivity index (χ4v) is 2.93. The summed E-state index contributed by atoms with van der Waals surface area (Å²) in [6, 6.07) is 10.1. The first-order valence-corrected chi connectivity index (χ1v) is 7.70. The maximum absolute atomic E-state index is 12.4. The van der Waals surface area contributed by atoms with Gasteiger partial charge in [-0.3, -0.25) is 14.5 Å². The van der Waals surface area contributed by atoms with Crippen molar-refractivity contribution in [3.8, 4) is 0 Å². The van der Waals surface area contributed by atoms with Crippen molar-refractivity contribution in [2.45, 2.75) is 26.3 Å². The van der Waals surface area contributed by atoms with Gasteiger partial charge in [0.1, 0.15) is 12.0 Å². The maximum atomic E-state index is 12.4. The van der Waals surface area contributed by atoms with E-state index < -0.39 is 11.4 Å². The molecule has 1 atom stereocenters. The van der Waals surface area contributed by atoms with E-state index in [0.717, 1.165) is 6.54 Å². The van der Waals surface area contributed by atoms with Crippen LogP contribution in [-0.2, 0) is 20.9 Å². The van der Waals surface area contributed by atoms with E-state index in [1.54, 1.807) is 0 Å². The maximum Gasteiger partial charge on any atom is 0.321 e. The van der Waals surface area contributed by atoms with Crippen LogP contribution >= 0.6 is 0 Å². The SMILES string of the molecule is C=CCOC(=O)[C@@]1(CC)CN(Cc2ccccc2)CCC1=O. The summed E-state index contributed by atoms with van der Waals surface area (Å²) in [5, 5.41) is 0. The smallest absolute Gasteiger partial charge is 0.321 e. The minimum Gasteiger partial charge on any atom is -0.461 e. The molecule has 1 saturated heterocycles. The van der Waals surface area contributed by atoms with Crippen molar-refractivity contribution in [2.75, 3.05) is 19.7 Å². The molecule has 0 aromatic heterocycles. The molecule has 4 nitrogen and oxygen atoms in total. The molecule has 4 heteroatoms. The van der Waals surface area contributed by atoms with E-state index in [4.69, 9.17) is 4.74 Å². The zero-order valence-electron chi connectivity index (χ0n) is 13.1. The molecule has 1 heterocycles. The minimum atomic E-state index is -1.03. The number of Topliss-reactive ketones (excluding diaryl/α,β-unsaturated/α-hetero) is 1. The molecule has 0 bridgehead atoms. The summed E-state index contributed by atoms with van der Waals surface area (Å²) in [4.78, 5) is 27.0. The summed E-state index contributed by atoms with van der Waals surface area (Å²) in [5.41, 5.74) is 0.150. The summed E-state index contributed by atoms with van der Waals surface area (Å²) in [6.07, 6.45) is 2.38. The van der Waals surface area contributed by atoms with E-state index in [2.05, 4.69) is 23.6 Å². The number of ketones is 1. The summed E-state index contributed by atoms with van der Waals surface area (Å²) >= 11 is 0. The number of esters is 1. The number of likely N-dealkylation sites (tertiary alicyclic amines) is 1. The Hall–Kier alpha value is -1.94. The Morgan fingerprint density at radius 2 is 2.14 bits per heavy atom. The topological polar surface area (TPSA) is 46.6 Å². The Bertz CT molecular complexity index is 541. The number of piperidine rings is 1. The van der Waals surface area contributed by atoms with E-state index in [1.807, 2.05) is 25.1 Å². The molecule has 1 aliphatic heterocycles. The van der Waals surface area contributed by atoms with Crippen LogP contribution in [0.1, 0.15) is 25.3 Å². The van der Waals surface area contributed by atoms with Crippen molar-refractivity contribution >= 4 is 11.8 Å². The highest BCUT2D eigenvalue weighted by molar-refractivity contribution is 6.04. The summed E-state index contributed by atoms with van der Waals surface area (Å²) in [5.74, 6) is -0.425. The number of ether oxygens (including phenoxy) is 1. The van der Waals surface area contributed by atoms with Crippen LogP contribution in [0.3, 0.4) is 0 Å². The van der Waals surface area contributed by atoms with Gasteiger partial charge < -0.3 is 4.74 Å². The van der Waals surface area contributed by atoms with Gasteiger partial charge in [-0.15, -0.1) is 0 Å². The van der Waals surface area contributed by atoms with Gasteiger partial charge in [0.05, 0.1) is 0 Å². The fraction of sp³-hybridized carbons (Fsp3) is 0.444. The van der Waals surface area contributed by atoms with Crippen LogP contribution in [-0.4, -0.2) is 36.3 Å². The van der Waals surface area contributed by atoms with Gasteiger partial charge in [-0.1, -0.05) is 49.9 Å². The number of nitrogens with zero attached hydrogens (tertiary/aromatic N) is 1. The Balaban J connectivity index is 2.13. The lowest BCUT2D eigenvalue weighted by Gasteiger charge is -2.39. The predicted molar refractivity (Wildman–Crippen MR) is 85.2 cm³/mol. The molecule has 1 aromatic carbocycles. The van der Waals surface area contributed by atoms with Crippen LogP contribution in [0.4, 0.5) is 0 Å².